The van der Waals surface area contributed by atoms with Crippen molar-refractivity contribution in [1.82, 2.24) is 9.78 Å². The number of nitriles is 1. The molecule has 7 heteroatoms. The molecule has 0 radical (unpaired) electrons. The first-order chi connectivity index (χ1) is 14.6. The van der Waals surface area contributed by atoms with Crippen LogP contribution in [0, 0.1) is 11.3 Å². The number of Topliss-reactive ketones (excluding diaryl/α,β-unsaturated/α-hetero) is 1. The lowest BCUT2D eigenvalue weighted by molar-refractivity contribution is 0.0518. The quantitative estimate of drug-likeness (QED) is 0.258. The monoisotopic (exact) mass is 401 g/mol. The third-order valence-electron chi connectivity index (χ3n) is 4.23. The third-order valence-corrected chi connectivity index (χ3v) is 4.23. The largest absolute Gasteiger partial charge is 0.497 e. The van der Waals surface area contributed by atoms with Gasteiger partial charge >= 0.3 is 5.97 Å². The van der Waals surface area contributed by atoms with Gasteiger partial charge in [-0.2, -0.15) is 10.4 Å². The van der Waals surface area contributed by atoms with Crippen LogP contribution in [0.5, 0.6) is 5.75 Å². The Hall–Kier alpha value is -4.18. The van der Waals surface area contributed by atoms with Crippen molar-refractivity contribution in [2.45, 2.75) is 6.92 Å². The summed E-state index contributed by atoms with van der Waals surface area (Å²) in [6.45, 7) is 1.86. The number of ether oxygens (including phenoxy) is 2. The maximum Gasteiger partial charge on any atom is 0.359 e. The molecule has 0 aliphatic rings. The van der Waals surface area contributed by atoms with Crippen molar-refractivity contribution < 1.29 is 19.1 Å². The number of benzene rings is 2. The number of nitrogens with zero attached hydrogens (tertiary/aromatic N) is 3. The SMILES string of the molecule is CCOC(=O)c1nn(-c2ccccc2)cc1/C=C(/C#N)C(=O)c1cccc(OC)c1. The lowest BCUT2D eigenvalue weighted by Gasteiger charge is -2.03. The minimum absolute atomic E-state index is 0.0203. The van der Waals surface area contributed by atoms with E-state index < -0.39 is 11.8 Å². The minimum atomic E-state index is -0.635. The van der Waals surface area contributed by atoms with Crippen molar-refractivity contribution in [2.75, 3.05) is 13.7 Å². The lowest BCUT2D eigenvalue weighted by atomic mass is 10.0. The van der Waals surface area contributed by atoms with Crippen molar-refractivity contribution in [3.8, 4) is 17.5 Å². The van der Waals surface area contributed by atoms with E-state index in [9.17, 15) is 14.9 Å². The fourth-order valence-corrected chi connectivity index (χ4v) is 2.79. The summed E-state index contributed by atoms with van der Waals surface area (Å²) in [5.74, 6) is -0.620. The Balaban J connectivity index is 2.06. The number of hydrogen-bond donors (Lipinski definition) is 0. The summed E-state index contributed by atoms with van der Waals surface area (Å²) in [7, 11) is 1.49. The van der Waals surface area contributed by atoms with Crippen LogP contribution in [0.25, 0.3) is 11.8 Å². The third kappa shape index (κ3) is 4.45. The zero-order chi connectivity index (χ0) is 21.5. The number of aromatic nitrogens is 2. The number of hydrogen-bond acceptors (Lipinski definition) is 6. The second-order valence-electron chi connectivity index (χ2n) is 6.16. The van der Waals surface area contributed by atoms with Crippen molar-refractivity contribution in [3.63, 3.8) is 0 Å². The molecule has 30 heavy (non-hydrogen) atoms. The molecular weight excluding hydrogens is 382 g/mol. The predicted molar refractivity (Wildman–Crippen MR) is 110 cm³/mol. The van der Waals surface area contributed by atoms with Crippen molar-refractivity contribution in [1.29, 1.82) is 5.26 Å². The molecule has 0 bridgehead atoms. The van der Waals surface area contributed by atoms with Crippen molar-refractivity contribution >= 4 is 17.8 Å². The summed E-state index contributed by atoms with van der Waals surface area (Å²) in [5, 5.41) is 13.9. The summed E-state index contributed by atoms with van der Waals surface area (Å²) < 4.78 is 11.7. The topological polar surface area (TPSA) is 94.2 Å². The van der Waals surface area contributed by atoms with Gasteiger partial charge < -0.3 is 9.47 Å². The molecule has 3 rings (SSSR count). The van der Waals surface area contributed by atoms with E-state index >= 15 is 0 Å². The van der Waals surface area contributed by atoms with Crippen LogP contribution in [-0.2, 0) is 4.74 Å². The molecule has 0 atom stereocenters. The molecular formula is C23H19N3O4. The van der Waals surface area contributed by atoms with Gasteiger partial charge in [0.15, 0.2) is 5.69 Å². The maximum absolute atomic E-state index is 12.8. The average Bonchev–Trinajstić information content (AvgIpc) is 3.22. The van der Waals surface area contributed by atoms with Gasteiger partial charge in [-0.3, -0.25) is 4.79 Å². The summed E-state index contributed by atoms with van der Waals surface area (Å²) in [4.78, 5) is 25.2. The van der Waals surface area contributed by atoms with Gasteiger partial charge in [-0.05, 0) is 37.3 Å². The molecule has 1 heterocycles. The molecule has 0 aliphatic heterocycles. The number of allylic oxidation sites excluding steroid dienone is 1. The molecule has 7 nitrogen and oxygen atoms in total. The Morgan fingerprint density at radius 1 is 1.17 bits per heavy atom. The number of ketones is 1. The molecule has 0 aliphatic carbocycles. The summed E-state index contributed by atoms with van der Waals surface area (Å²) in [5.41, 5.74) is 1.22. The average molecular weight is 401 g/mol. The molecule has 2 aromatic carbocycles. The minimum Gasteiger partial charge on any atom is -0.497 e. The summed E-state index contributed by atoms with van der Waals surface area (Å²) in [6, 6.07) is 17.6. The second-order valence-corrected chi connectivity index (χ2v) is 6.16. The highest BCUT2D eigenvalue weighted by atomic mass is 16.5. The van der Waals surface area contributed by atoms with Gasteiger partial charge in [0.2, 0.25) is 5.78 Å². The maximum atomic E-state index is 12.8. The number of carbonyl (C=O) groups excluding carboxylic acids is 2. The summed E-state index contributed by atoms with van der Waals surface area (Å²) >= 11 is 0. The normalized spacial score (nSPS) is 10.9. The fraction of sp³-hybridized carbons (Fsp3) is 0.130. The molecule has 0 saturated carbocycles. The van der Waals surface area contributed by atoms with E-state index in [0.717, 1.165) is 5.69 Å². The van der Waals surface area contributed by atoms with Crippen molar-refractivity contribution in [2.24, 2.45) is 0 Å². The van der Waals surface area contributed by atoms with Crippen LogP contribution in [0.15, 0.2) is 66.4 Å². The second kappa shape index (κ2) is 9.34. The van der Waals surface area contributed by atoms with Gasteiger partial charge in [0.05, 0.1) is 19.4 Å². The first-order valence-corrected chi connectivity index (χ1v) is 9.20. The Labute approximate surface area is 173 Å². The molecule has 0 fully saturated rings. The first kappa shape index (κ1) is 20.6. The van der Waals surface area contributed by atoms with Gasteiger partial charge in [-0.25, -0.2) is 9.48 Å². The van der Waals surface area contributed by atoms with Crippen LogP contribution < -0.4 is 4.74 Å². The van der Waals surface area contributed by atoms with E-state index in [4.69, 9.17) is 9.47 Å². The van der Waals surface area contributed by atoms with E-state index in [2.05, 4.69) is 5.10 Å². The molecule has 3 aromatic rings. The molecule has 1 aromatic heterocycles. The van der Waals surface area contributed by atoms with Gasteiger partial charge in [0, 0.05) is 17.3 Å². The summed E-state index contributed by atoms with van der Waals surface area (Å²) in [6.07, 6.45) is 2.93. The Kier molecular flexibility index (Phi) is 6.40. The number of para-hydroxylation sites is 1. The van der Waals surface area contributed by atoms with Crippen LogP contribution in [0.4, 0.5) is 0 Å². The van der Waals surface area contributed by atoms with E-state index in [-0.39, 0.29) is 17.9 Å². The van der Waals surface area contributed by atoms with Gasteiger partial charge in [0.1, 0.15) is 17.4 Å². The highest BCUT2D eigenvalue weighted by Gasteiger charge is 2.20. The predicted octanol–water partition coefficient (Wildman–Crippen LogP) is 3.85. The molecule has 0 spiro atoms. The van der Waals surface area contributed by atoms with Crippen LogP contribution in [0.1, 0.15) is 33.3 Å². The fourth-order valence-electron chi connectivity index (χ4n) is 2.79. The van der Waals surface area contributed by atoms with E-state index in [1.807, 2.05) is 36.4 Å². The van der Waals surface area contributed by atoms with E-state index in [1.54, 1.807) is 37.4 Å². The molecule has 0 saturated heterocycles. The Morgan fingerprint density at radius 3 is 2.60 bits per heavy atom. The van der Waals surface area contributed by atoms with Crippen LogP contribution >= 0.6 is 0 Å². The van der Waals surface area contributed by atoms with Crippen LogP contribution in [0.3, 0.4) is 0 Å². The Morgan fingerprint density at radius 2 is 1.93 bits per heavy atom. The number of carbonyl (C=O) groups is 2. The number of methoxy groups -OCH3 is 1. The zero-order valence-electron chi connectivity index (χ0n) is 16.5. The highest BCUT2D eigenvalue weighted by molar-refractivity contribution is 6.14. The van der Waals surface area contributed by atoms with E-state index in [0.29, 0.717) is 16.9 Å². The number of esters is 1. The first-order valence-electron chi connectivity index (χ1n) is 9.20. The standard InChI is InChI=1S/C23H19N3O4/c1-3-30-23(28)21-18(15-26(25-21)19-9-5-4-6-10-19)12-17(14-24)22(27)16-8-7-11-20(13-16)29-2/h4-13,15H,3H2,1-2H3/b17-12-. The van der Waals surface area contributed by atoms with Crippen LogP contribution in [0.2, 0.25) is 0 Å². The van der Waals surface area contributed by atoms with Gasteiger partial charge in [0.25, 0.3) is 0 Å². The molecule has 150 valence electrons. The molecule has 0 N–H and O–H groups in total. The molecule has 0 amide bonds. The zero-order valence-corrected chi connectivity index (χ0v) is 16.5. The number of rotatable bonds is 7. The lowest BCUT2D eigenvalue weighted by Crippen LogP contribution is -2.08. The highest BCUT2D eigenvalue weighted by Crippen LogP contribution is 2.20. The van der Waals surface area contributed by atoms with Gasteiger partial charge in [-0.15, -0.1) is 0 Å². The Bertz CT molecular complexity index is 1140. The van der Waals surface area contributed by atoms with Crippen LogP contribution in [-0.4, -0.2) is 35.2 Å². The smallest absolute Gasteiger partial charge is 0.359 e. The van der Waals surface area contributed by atoms with Gasteiger partial charge in [-0.1, -0.05) is 30.3 Å². The molecule has 0 unspecified atom stereocenters. The van der Waals surface area contributed by atoms with Crippen molar-refractivity contribution in [3.05, 3.63) is 83.2 Å². The van der Waals surface area contributed by atoms with E-state index in [1.165, 1.54) is 17.9 Å².